The Morgan fingerprint density at radius 3 is 2.65 bits per heavy atom. The van der Waals surface area contributed by atoms with Crippen molar-refractivity contribution in [2.24, 2.45) is 0 Å². The van der Waals surface area contributed by atoms with Crippen molar-refractivity contribution < 1.29 is 9.53 Å². The first-order valence-electron chi connectivity index (χ1n) is 6.96. The summed E-state index contributed by atoms with van der Waals surface area (Å²) in [6.07, 6.45) is 2.02. The molecular formula is C17H14Cl2N2O2. The summed E-state index contributed by atoms with van der Waals surface area (Å²) in [6.45, 7) is 0. The molecule has 0 fully saturated rings. The highest BCUT2D eigenvalue weighted by Gasteiger charge is 2.13. The lowest BCUT2D eigenvalue weighted by molar-refractivity contribution is -0.115. The van der Waals surface area contributed by atoms with E-state index in [1.165, 1.54) is 0 Å². The van der Waals surface area contributed by atoms with Crippen molar-refractivity contribution in [2.45, 2.75) is 6.42 Å². The number of anilines is 1. The number of benzene rings is 2. The summed E-state index contributed by atoms with van der Waals surface area (Å²) in [4.78, 5) is 15.5. The number of rotatable bonds is 4. The third kappa shape index (κ3) is 3.28. The number of nitrogens with one attached hydrogen (secondary N) is 2. The zero-order valence-corrected chi connectivity index (χ0v) is 13.8. The number of aromatic nitrogens is 1. The number of methoxy groups -OCH3 is 1. The first-order valence-corrected chi connectivity index (χ1v) is 7.72. The molecular weight excluding hydrogens is 335 g/mol. The third-order valence-corrected chi connectivity index (χ3v) is 4.18. The van der Waals surface area contributed by atoms with Gasteiger partial charge in [-0.15, -0.1) is 0 Å². The first-order chi connectivity index (χ1) is 11.1. The fraction of sp³-hybridized carbons (Fsp3) is 0.118. The van der Waals surface area contributed by atoms with Gasteiger partial charge in [0.1, 0.15) is 5.75 Å². The number of halogens is 2. The Morgan fingerprint density at radius 2 is 1.96 bits per heavy atom. The lowest BCUT2D eigenvalue weighted by Crippen LogP contribution is -2.14. The second-order valence-corrected chi connectivity index (χ2v) is 5.86. The van der Waals surface area contributed by atoms with Crippen LogP contribution in [0.25, 0.3) is 10.9 Å². The zero-order valence-electron chi connectivity index (χ0n) is 12.3. The van der Waals surface area contributed by atoms with Crippen LogP contribution in [-0.2, 0) is 11.2 Å². The molecule has 0 aliphatic heterocycles. The van der Waals surface area contributed by atoms with E-state index in [-0.39, 0.29) is 12.3 Å². The topological polar surface area (TPSA) is 54.1 Å². The van der Waals surface area contributed by atoms with Gasteiger partial charge in [-0.3, -0.25) is 4.79 Å². The molecule has 0 unspecified atom stereocenters. The lowest BCUT2D eigenvalue weighted by atomic mass is 10.1. The zero-order chi connectivity index (χ0) is 16.4. The molecule has 0 spiro atoms. The van der Waals surface area contributed by atoms with Crippen molar-refractivity contribution in [1.29, 1.82) is 0 Å². The molecule has 118 valence electrons. The molecule has 0 aliphatic carbocycles. The second-order valence-electron chi connectivity index (χ2n) is 5.05. The summed E-state index contributed by atoms with van der Waals surface area (Å²) in [7, 11) is 1.61. The predicted octanol–water partition coefficient (Wildman–Crippen LogP) is 4.66. The number of amides is 1. The number of hydrogen-bond donors (Lipinski definition) is 2. The Balaban J connectivity index is 1.83. The number of carbonyl (C=O) groups excluding carboxylic acids is 1. The van der Waals surface area contributed by atoms with Crippen LogP contribution in [0.5, 0.6) is 5.75 Å². The summed E-state index contributed by atoms with van der Waals surface area (Å²) in [5.41, 5.74) is 2.25. The van der Waals surface area contributed by atoms with Gasteiger partial charge in [-0.1, -0.05) is 29.3 Å². The molecule has 4 nitrogen and oxygen atoms in total. The average Bonchev–Trinajstić information content (AvgIpc) is 2.93. The van der Waals surface area contributed by atoms with Gasteiger partial charge in [-0.05, 0) is 35.9 Å². The maximum atomic E-state index is 12.3. The van der Waals surface area contributed by atoms with Gasteiger partial charge < -0.3 is 15.0 Å². The molecule has 23 heavy (non-hydrogen) atoms. The standard InChI is InChI=1S/C17H14Cl2N2O2/c1-23-11-5-6-15-12(8-11)10(9-20-15)7-16(22)21-17-13(18)3-2-4-14(17)19/h2-6,8-9,20H,7H2,1H3,(H,21,22). The van der Waals surface area contributed by atoms with Crippen molar-refractivity contribution in [3.05, 3.63) is 58.2 Å². The smallest absolute Gasteiger partial charge is 0.228 e. The molecule has 0 saturated heterocycles. The van der Waals surface area contributed by atoms with E-state index in [1.807, 2.05) is 24.4 Å². The molecule has 3 aromatic rings. The summed E-state index contributed by atoms with van der Waals surface area (Å²) in [5.74, 6) is 0.552. The minimum Gasteiger partial charge on any atom is -0.497 e. The lowest BCUT2D eigenvalue weighted by Gasteiger charge is -2.09. The molecule has 3 rings (SSSR count). The summed E-state index contributed by atoms with van der Waals surface area (Å²) in [5, 5.41) is 4.53. The van der Waals surface area contributed by atoms with Crippen molar-refractivity contribution in [3.63, 3.8) is 0 Å². The highest BCUT2D eigenvalue weighted by Crippen LogP contribution is 2.30. The van der Waals surface area contributed by atoms with Crippen molar-refractivity contribution >= 4 is 45.7 Å². The van der Waals surface area contributed by atoms with E-state index in [4.69, 9.17) is 27.9 Å². The summed E-state index contributed by atoms with van der Waals surface area (Å²) in [6, 6.07) is 10.8. The van der Waals surface area contributed by atoms with Crippen molar-refractivity contribution in [2.75, 3.05) is 12.4 Å². The number of hydrogen-bond acceptors (Lipinski definition) is 2. The highest BCUT2D eigenvalue weighted by molar-refractivity contribution is 6.39. The Labute approximate surface area is 143 Å². The minimum atomic E-state index is -0.191. The fourth-order valence-electron chi connectivity index (χ4n) is 2.40. The highest BCUT2D eigenvalue weighted by atomic mass is 35.5. The van der Waals surface area contributed by atoms with E-state index < -0.39 is 0 Å². The van der Waals surface area contributed by atoms with E-state index in [9.17, 15) is 4.79 Å². The van der Waals surface area contributed by atoms with E-state index in [0.29, 0.717) is 15.7 Å². The quantitative estimate of drug-likeness (QED) is 0.720. The molecule has 6 heteroatoms. The van der Waals surface area contributed by atoms with E-state index in [2.05, 4.69) is 10.3 Å². The van der Waals surface area contributed by atoms with Crippen LogP contribution in [0.1, 0.15) is 5.56 Å². The van der Waals surface area contributed by atoms with Crippen molar-refractivity contribution in [1.82, 2.24) is 4.98 Å². The molecule has 0 saturated carbocycles. The average molecular weight is 349 g/mol. The normalized spacial score (nSPS) is 10.7. The Bertz CT molecular complexity index is 854. The van der Waals surface area contributed by atoms with E-state index >= 15 is 0 Å². The van der Waals surface area contributed by atoms with Crippen LogP contribution in [0.15, 0.2) is 42.6 Å². The van der Waals surface area contributed by atoms with Crippen molar-refractivity contribution in [3.8, 4) is 5.75 Å². The van der Waals surface area contributed by atoms with Crippen LogP contribution in [0, 0.1) is 0 Å². The molecule has 1 amide bonds. The SMILES string of the molecule is COc1ccc2[nH]cc(CC(=O)Nc3c(Cl)cccc3Cl)c2c1. The molecule has 1 heterocycles. The third-order valence-electron chi connectivity index (χ3n) is 3.55. The molecule has 0 aliphatic rings. The van der Waals surface area contributed by atoms with Gasteiger partial charge in [0.2, 0.25) is 5.91 Å². The van der Waals surface area contributed by atoms with E-state index in [0.717, 1.165) is 22.2 Å². The van der Waals surface area contributed by atoms with Crippen LogP contribution >= 0.6 is 23.2 Å². The minimum absolute atomic E-state index is 0.191. The van der Waals surface area contributed by atoms with Crippen LogP contribution in [0.4, 0.5) is 5.69 Å². The molecule has 0 atom stereocenters. The van der Waals surface area contributed by atoms with Gasteiger partial charge >= 0.3 is 0 Å². The molecule has 0 radical (unpaired) electrons. The van der Waals surface area contributed by atoms with Gasteiger partial charge in [0.25, 0.3) is 0 Å². The van der Waals surface area contributed by atoms with Gasteiger partial charge in [-0.25, -0.2) is 0 Å². The maximum absolute atomic E-state index is 12.3. The van der Waals surface area contributed by atoms with E-state index in [1.54, 1.807) is 25.3 Å². The number of para-hydroxylation sites is 1. The molecule has 0 bridgehead atoms. The number of carbonyl (C=O) groups is 1. The number of aromatic amines is 1. The molecule has 1 aromatic heterocycles. The van der Waals surface area contributed by atoms with Gasteiger partial charge in [0.15, 0.2) is 0 Å². The summed E-state index contributed by atoms with van der Waals surface area (Å²) < 4.78 is 5.23. The Morgan fingerprint density at radius 1 is 1.22 bits per heavy atom. The van der Waals surface area contributed by atoms with Crippen LogP contribution < -0.4 is 10.1 Å². The fourth-order valence-corrected chi connectivity index (χ4v) is 2.90. The predicted molar refractivity (Wildman–Crippen MR) is 93.6 cm³/mol. The maximum Gasteiger partial charge on any atom is 0.228 e. The number of fused-ring (bicyclic) bond motifs is 1. The monoisotopic (exact) mass is 348 g/mol. The Kier molecular flexibility index (Phi) is 4.46. The van der Waals surface area contributed by atoms with Gasteiger partial charge in [-0.2, -0.15) is 0 Å². The molecule has 2 aromatic carbocycles. The number of ether oxygens (including phenoxy) is 1. The molecule has 2 N–H and O–H groups in total. The van der Waals surface area contributed by atoms with Crippen LogP contribution in [0.2, 0.25) is 10.0 Å². The largest absolute Gasteiger partial charge is 0.497 e. The van der Waals surface area contributed by atoms with Crippen LogP contribution in [0.3, 0.4) is 0 Å². The number of H-pyrrole nitrogens is 1. The van der Waals surface area contributed by atoms with Gasteiger partial charge in [0, 0.05) is 17.1 Å². The summed E-state index contributed by atoms with van der Waals surface area (Å²) >= 11 is 12.1. The Hall–Kier alpha value is -2.17. The first kappa shape index (κ1) is 15.7. The van der Waals surface area contributed by atoms with Gasteiger partial charge in [0.05, 0.1) is 29.3 Å². The van der Waals surface area contributed by atoms with Crippen LogP contribution in [-0.4, -0.2) is 18.0 Å². The second kappa shape index (κ2) is 6.52.